The Morgan fingerprint density at radius 2 is 1.44 bits per heavy atom. The molecule has 0 spiro atoms. The van der Waals surface area contributed by atoms with E-state index >= 15 is 0 Å². The number of para-hydroxylation sites is 1. The highest BCUT2D eigenvalue weighted by Crippen LogP contribution is 2.19. The standard InChI is InChI=1S/C15H15N/c1-2-15(13-9-5-3-6-10-13)16-14-11-7-4-8-12-14/h2-12,15-16H,1H2. The van der Waals surface area contributed by atoms with Crippen molar-refractivity contribution in [2.45, 2.75) is 6.04 Å². The summed E-state index contributed by atoms with van der Waals surface area (Å²) >= 11 is 0. The van der Waals surface area contributed by atoms with Gasteiger partial charge in [0.15, 0.2) is 0 Å². The van der Waals surface area contributed by atoms with E-state index in [9.17, 15) is 0 Å². The van der Waals surface area contributed by atoms with Crippen LogP contribution in [0.4, 0.5) is 5.69 Å². The molecule has 0 amide bonds. The summed E-state index contributed by atoms with van der Waals surface area (Å²) in [5.41, 5.74) is 2.33. The Morgan fingerprint density at radius 3 is 2.00 bits per heavy atom. The fraction of sp³-hybridized carbons (Fsp3) is 0.0667. The van der Waals surface area contributed by atoms with E-state index in [1.165, 1.54) is 5.56 Å². The van der Waals surface area contributed by atoms with Crippen LogP contribution >= 0.6 is 0 Å². The lowest BCUT2D eigenvalue weighted by molar-refractivity contribution is 0.988. The topological polar surface area (TPSA) is 12.0 Å². The minimum Gasteiger partial charge on any atom is -0.375 e. The van der Waals surface area contributed by atoms with Gasteiger partial charge in [0.2, 0.25) is 0 Å². The first-order chi connectivity index (χ1) is 7.90. The summed E-state index contributed by atoms with van der Waals surface area (Å²) in [6, 6.07) is 20.6. The average Bonchev–Trinajstić information content (AvgIpc) is 2.38. The average molecular weight is 209 g/mol. The fourth-order valence-corrected chi connectivity index (χ4v) is 1.65. The predicted octanol–water partition coefficient (Wildman–Crippen LogP) is 4.03. The first-order valence-electron chi connectivity index (χ1n) is 5.39. The highest BCUT2D eigenvalue weighted by Gasteiger charge is 2.05. The maximum Gasteiger partial charge on any atom is 0.0695 e. The minimum absolute atomic E-state index is 0.156. The molecular weight excluding hydrogens is 194 g/mol. The summed E-state index contributed by atoms with van der Waals surface area (Å²) < 4.78 is 0. The summed E-state index contributed by atoms with van der Waals surface area (Å²) in [6.45, 7) is 3.87. The Hall–Kier alpha value is -2.02. The van der Waals surface area contributed by atoms with Gasteiger partial charge in [-0.2, -0.15) is 0 Å². The molecule has 1 atom stereocenters. The van der Waals surface area contributed by atoms with Crippen LogP contribution in [0.15, 0.2) is 73.3 Å². The maximum atomic E-state index is 3.87. The van der Waals surface area contributed by atoms with Crippen molar-refractivity contribution in [3.63, 3.8) is 0 Å². The highest BCUT2D eigenvalue weighted by molar-refractivity contribution is 5.46. The van der Waals surface area contributed by atoms with Gasteiger partial charge in [-0.05, 0) is 17.7 Å². The molecule has 2 aromatic rings. The Balaban J connectivity index is 2.16. The molecule has 16 heavy (non-hydrogen) atoms. The third kappa shape index (κ3) is 2.51. The van der Waals surface area contributed by atoms with Crippen LogP contribution in [0.2, 0.25) is 0 Å². The van der Waals surface area contributed by atoms with E-state index in [4.69, 9.17) is 0 Å². The third-order valence-electron chi connectivity index (χ3n) is 2.49. The zero-order valence-corrected chi connectivity index (χ0v) is 9.14. The van der Waals surface area contributed by atoms with E-state index in [0.29, 0.717) is 0 Å². The fourth-order valence-electron chi connectivity index (χ4n) is 1.65. The Bertz CT molecular complexity index is 434. The van der Waals surface area contributed by atoms with E-state index in [1.54, 1.807) is 0 Å². The Kier molecular flexibility index (Phi) is 3.39. The van der Waals surface area contributed by atoms with Gasteiger partial charge >= 0.3 is 0 Å². The Labute approximate surface area is 96.4 Å². The van der Waals surface area contributed by atoms with Crippen molar-refractivity contribution in [1.82, 2.24) is 0 Å². The summed E-state index contributed by atoms with van der Waals surface area (Å²) in [7, 11) is 0. The van der Waals surface area contributed by atoms with Gasteiger partial charge in [-0.3, -0.25) is 0 Å². The van der Waals surface area contributed by atoms with Gasteiger partial charge in [0, 0.05) is 5.69 Å². The van der Waals surface area contributed by atoms with Gasteiger partial charge < -0.3 is 5.32 Å². The lowest BCUT2D eigenvalue weighted by Gasteiger charge is -2.16. The van der Waals surface area contributed by atoms with Crippen molar-refractivity contribution < 1.29 is 0 Å². The van der Waals surface area contributed by atoms with Gasteiger partial charge in [-0.25, -0.2) is 0 Å². The van der Waals surface area contributed by atoms with Crippen molar-refractivity contribution in [2.24, 2.45) is 0 Å². The maximum absolute atomic E-state index is 3.87. The van der Waals surface area contributed by atoms with Gasteiger partial charge in [-0.15, -0.1) is 6.58 Å². The van der Waals surface area contributed by atoms with Crippen LogP contribution in [0.1, 0.15) is 11.6 Å². The molecule has 0 aromatic heterocycles. The summed E-state index contributed by atoms with van der Waals surface area (Å²) in [5.74, 6) is 0. The summed E-state index contributed by atoms with van der Waals surface area (Å²) in [6.07, 6.45) is 1.92. The molecule has 0 bridgehead atoms. The quantitative estimate of drug-likeness (QED) is 0.750. The van der Waals surface area contributed by atoms with Crippen LogP contribution in [0.25, 0.3) is 0 Å². The van der Waals surface area contributed by atoms with E-state index < -0.39 is 0 Å². The van der Waals surface area contributed by atoms with Crippen LogP contribution in [0.5, 0.6) is 0 Å². The van der Waals surface area contributed by atoms with Crippen molar-refractivity contribution in [3.05, 3.63) is 78.9 Å². The number of nitrogens with one attached hydrogen (secondary N) is 1. The largest absolute Gasteiger partial charge is 0.375 e. The van der Waals surface area contributed by atoms with Crippen LogP contribution in [0.3, 0.4) is 0 Å². The van der Waals surface area contributed by atoms with Gasteiger partial charge in [0.1, 0.15) is 0 Å². The second kappa shape index (κ2) is 5.17. The van der Waals surface area contributed by atoms with Crippen LogP contribution in [-0.2, 0) is 0 Å². The molecule has 1 heteroatoms. The second-order valence-electron chi connectivity index (χ2n) is 3.63. The molecule has 0 aliphatic carbocycles. The summed E-state index contributed by atoms with van der Waals surface area (Å²) in [4.78, 5) is 0. The second-order valence-corrected chi connectivity index (χ2v) is 3.63. The molecule has 0 aliphatic rings. The smallest absolute Gasteiger partial charge is 0.0695 e. The van der Waals surface area contributed by atoms with Gasteiger partial charge in [0.25, 0.3) is 0 Å². The zero-order valence-electron chi connectivity index (χ0n) is 9.14. The minimum atomic E-state index is 0.156. The number of hydrogen-bond donors (Lipinski definition) is 1. The van der Waals surface area contributed by atoms with E-state index in [-0.39, 0.29) is 6.04 Å². The van der Waals surface area contributed by atoms with Crippen molar-refractivity contribution in [2.75, 3.05) is 5.32 Å². The SMILES string of the molecule is C=CC(Nc1ccccc1)c1ccccc1. The highest BCUT2D eigenvalue weighted by atomic mass is 14.9. The lowest BCUT2D eigenvalue weighted by atomic mass is 10.1. The summed E-state index contributed by atoms with van der Waals surface area (Å²) in [5, 5.41) is 3.43. The van der Waals surface area contributed by atoms with E-state index in [2.05, 4.69) is 36.2 Å². The molecule has 80 valence electrons. The number of anilines is 1. The number of benzene rings is 2. The lowest BCUT2D eigenvalue weighted by Crippen LogP contribution is -2.07. The molecule has 1 N–H and O–H groups in total. The van der Waals surface area contributed by atoms with Crippen LogP contribution < -0.4 is 5.32 Å². The van der Waals surface area contributed by atoms with Gasteiger partial charge in [0.05, 0.1) is 6.04 Å². The van der Waals surface area contributed by atoms with Crippen molar-refractivity contribution >= 4 is 5.69 Å². The third-order valence-corrected chi connectivity index (χ3v) is 2.49. The molecular formula is C15H15N. The molecule has 2 rings (SSSR count). The van der Waals surface area contributed by atoms with Gasteiger partial charge in [-0.1, -0.05) is 54.6 Å². The molecule has 0 heterocycles. The molecule has 2 aromatic carbocycles. The predicted molar refractivity (Wildman–Crippen MR) is 69.4 cm³/mol. The van der Waals surface area contributed by atoms with Crippen LogP contribution in [-0.4, -0.2) is 0 Å². The molecule has 0 fully saturated rings. The molecule has 0 saturated heterocycles. The number of hydrogen-bond acceptors (Lipinski definition) is 1. The van der Waals surface area contributed by atoms with Crippen molar-refractivity contribution in [1.29, 1.82) is 0 Å². The van der Waals surface area contributed by atoms with E-state index in [1.807, 2.05) is 42.5 Å². The van der Waals surface area contributed by atoms with E-state index in [0.717, 1.165) is 5.69 Å². The van der Waals surface area contributed by atoms with Crippen molar-refractivity contribution in [3.8, 4) is 0 Å². The first kappa shape index (κ1) is 10.5. The molecule has 0 aliphatic heterocycles. The zero-order chi connectivity index (χ0) is 11.2. The molecule has 0 radical (unpaired) electrons. The molecule has 1 nitrogen and oxygen atoms in total. The molecule has 1 unspecified atom stereocenters. The normalized spacial score (nSPS) is 11.8. The first-order valence-corrected chi connectivity index (χ1v) is 5.39. The molecule has 0 saturated carbocycles. The Morgan fingerprint density at radius 1 is 0.875 bits per heavy atom. The monoisotopic (exact) mass is 209 g/mol. The van der Waals surface area contributed by atoms with Crippen LogP contribution in [0, 0.1) is 0 Å². The number of rotatable bonds is 4.